The lowest BCUT2D eigenvalue weighted by molar-refractivity contribution is 0.0950. The van der Waals surface area contributed by atoms with Gasteiger partial charge in [-0.05, 0) is 98.2 Å². The van der Waals surface area contributed by atoms with Crippen molar-refractivity contribution in [3.05, 3.63) is 82.8 Å². The summed E-state index contributed by atoms with van der Waals surface area (Å²) in [5.41, 5.74) is 5.08. The molecule has 39 heavy (non-hydrogen) atoms. The summed E-state index contributed by atoms with van der Waals surface area (Å²) in [5.74, 6) is 1.64. The quantitative estimate of drug-likeness (QED) is 0.320. The van der Waals surface area contributed by atoms with Crippen LogP contribution >= 0.6 is 0 Å². The Balaban J connectivity index is 1.35. The molecule has 1 aliphatic heterocycles. The standard InChI is InChI=1S/C32H39N3O4/c1-21-8-4-5-9-24(21)32(3)25-14-17-35(18-15-26(25)32)28-12-11-23(30(37)33-16-6-7-19-36)20-27(28)34-31(38)29-13-10-22(2)39-29/h4-5,8-13,20,25-26,36H,6-7,14-19H2,1-3H3,(H,33,37)(H,34,38)/t25-,26?,32?/m0/s1. The average Bonchev–Trinajstić information content (AvgIpc) is 3.37. The number of aliphatic hydroxyl groups is 1. The van der Waals surface area contributed by atoms with Crippen molar-refractivity contribution in [3.8, 4) is 0 Å². The summed E-state index contributed by atoms with van der Waals surface area (Å²) >= 11 is 0. The first-order valence-corrected chi connectivity index (χ1v) is 14.0. The second-order valence-corrected chi connectivity index (χ2v) is 11.2. The Labute approximate surface area is 230 Å². The molecule has 5 rings (SSSR count). The number of aryl methyl sites for hydroxylation is 2. The number of unbranched alkanes of at least 4 members (excludes halogenated alkanes) is 1. The van der Waals surface area contributed by atoms with Crippen LogP contribution in [-0.2, 0) is 5.41 Å². The van der Waals surface area contributed by atoms with Gasteiger partial charge in [0.25, 0.3) is 11.8 Å². The normalized spacial score (nSPS) is 22.1. The third-order valence-electron chi connectivity index (χ3n) is 8.74. The Morgan fingerprint density at radius 2 is 1.74 bits per heavy atom. The van der Waals surface area contributed by atoms with E-state index in [1.807, 2.05) is 12.1 Å². The molecule has 206 valence electrons. The molecule has 0 radical (unpaired) electrons. The third-order valence-corrected chi connectivity index (χ3v) is 8.74. The molecule has 3 N–H and O–H groups in total. The predicted molar refractivity (Wildman–Crippen MR) is 153 cm³/mol. The lowest BCUT2D eigenvalue weighted by atomic mass is 9.88. The van der Waals surface area contributed by atoms with Gasteiger partial charge in [0.15, 0.2) is 5.76 Å². The number of anilines is 2. The largest absolute Gasteiger partial charge is 0.456 e. The summed E-state index contributed by atoms with van der Waals surface area (Å²) in [5, 5.41) is 14.9. The summed E-state index contributed by atoms with van der Waals surface area (Å²) in [4.78, 5) is 28.2. The number of amides is 2. The monoisotopic (exact) mass is 529 g/mol. The minimum Gasteiger partial charge on any atom is -0.456 e. The lowest BCUT2D eigenvalue weighted by Gasteiger charge is -2.28. The molecule has 7 heteroatoms. The highest BCUT2D eigenvalue weighted by Crippen LogP contribution is 2.64. The molecule has 1 saturated carbocycles. The van der Waals surface area contributed by atoms with E-state index < -0.39 is 0 Å². The second-order valence-electron chi connectivity index (χ2n) is 11.2. The van der Waals surface area contributed by atoms with E-state index in [0.29, 0.717) is 48.2 Å². The van der Waals surface area contributed by atoms with Gasteiger partial charge in [-0.15, -0.1) is 0 Å². The highest BCUT2D eigenvalue weighted by molar-refractivity contribution is 6.05. The van der Waals surface area contributed by atoms with Crippen molar-refractivity contribution in [2.24, 2.45) is 11.8 Å². The Morgan fingerprint density at radius 3 is 2.41 bits per heavy atom. The van der Waals surface area contributed by atoms with Gasteiger partial charge in [0, 0.05) is 31.8 Å². The number of fused-ring (bicyclic) bond motifs is 1. The number of carbonyl (C=O) groups is 2. The minimum atomic E-state index is -0.338. The van der Waals surface area contributed by atoms with Crippen LogP contribution in [0.25, 0.3) is 0 Å². The Morgan fingerprint density at radius 1 is 1.00 bits per heavy atom. The van der Waals surface area contributed by atoms with E-state index >= 15 is 0 Å². The summed E-state index contributed by atoms with van der Waals surface area (Å²) in [7, 11) is 0. The maximum Gasteiger partial charge on any atom is 0.291 e. The number of hydrogen-bond donors (Lipinski definition) is 3. The molecule has 0 spiro atoms. The molecule has 3 atom stereocenters. The number of rotatable bonds is 9. The topological polar surface area (TPSA) is 94.8 Å². The molecule has 1 aliphatic carbocycles. The van der Waals surface area contributed by atoms with Crippen LogP contribution in [0, 0.1) is 25.7 Å². The first kappa shape index (κ1) is 27.0. The van der Waals surface area contributed by atoms with Crippen molar-refractivity contribution in [1.29, 1.82) is 0 Å². The molecule has 1 saturated heterocycles. The van der Waals surface area contributed by atoms with Crippen molar-refractivity contribution < 1.29 is 19.1 Å². The first-order chi connectivity index (χ1) is 18.8. The molecule has 2 aromatic carbocycles. The number of nitrogens with one attached hydrogen (secondary N) is 2. The van der Waals surface area contributed by atoms with Crippen LogP contribution in [0.1, 0.15) is 70.4 Å². The van der Waals surface area contributed by atoms with Crippen LogP contribution in [0.15, 0.2) is 59.0 Å². The maximum absolute atomic E-state index is 13.0. The van der Waals surface area contributed by atoms with Gasteiger partial charge in [-0.3, -0.25) is 9.59 Å². The zero-order valence-electron chi connectivity index (χ0n) is 23.1. The van der Waals surface area contributed by atoms with Crippen LogP contribution < -0.4 is 15.5 Å². The van der Waals surface area contributed by atoms with Crippen LogP contribution in [0.2, 0.25) is 0 Å². The van der Waals surface area contributed by atoms with E-state index in [2.05, 4.69) is 53.6 Å². The second kappa shape index (κ2) is 11.3. The molecule has 2 amide bonds. The van der Waals surface area contributed by atoms with E-state index in [1.54, 1.807) is 25.1 Å². The molecule has 1 aromatic heterocycles. The zero-order valence-corrected chi connectivity index (χ0v) is 23.1. The molecular formula is C32H39N3O4. The fraction of sp³-hybridized carbons (Fsp3) is 0.438. The maximum atomic E-state index is 13.0. The van der Waals surface area contributed by atoms with Crippen molar-refractivity contribution in [1.82, 2.24) is 5.32 Å². The SMILES string of the molecule is Cc1ccc(C(=O)Nc2cc(C(=O)NCCCCO)ccc2N2CCC3[C@H](CC2)C3(C)c2ccccc2C)o1. The van der Waals surface area contributed by atoms with Crippen LogP contribution in [-0.4, -0.2) is 43.2 Å². The smallest absolute Gasteiger partial charge is 0.291 e. The molecule has 2 heterocycles. The first-order valence-electron chi connectivity index (χ1n) is 14.0. The molecule has 2 unspecified atom stereocenters. The fourth-order valence-corrected chi connectivity index (χ4v) is 6.55. The number of nitrogens with zero attached hydrogens (tertiary/aromatic N) is 1. The summed E-state index contributed by atoms with van der Waals surface area (Å²) in [6.45, 7) is 8.81. The molecular weight excluding hydrogens is 490 g/mol. The fourth-order valence-electron chi connectivity index (χ4n) is 6.55. The Bertz CT molecular complexity index is 1330. The van der Waals surface area contributed by atoms with E-state index in [-0.39, 0.29) is 29.6 Å². The third kappa shape index (κ3) is 5.46. The van der Waals surface area contributed by atoms with Crippen molar-refractivity contribution in [3.63, 3.8) is 0 Å². The number of hydrogen-bond acceptors (Lipinski definition) is 5. The van der Waals surface area contributed by atoms with Gasteiger partial charge in [-0.25, -0.2) is 0 Å². The van der Waals surface area contributed by atoms with Crippen LogP contribution in [0.5, 0.6) is 0 Å². The summed E-state index contributed by atoms with van der Waals surface area (Å²) < 4.78 is 5.55. The predicted octanol–water partition coefficient (Wildman–Crippen LogP) is 5.46. The van der Waals surface area contributed by atoms with Crippen LogP contribution in [0.4, 0.5) is 11.4 Å². The zero-order chi connectivity index (χ0) is 27.6. The van der Waals surface area contributed by atoms with Gasteiger partial charge < -0.3 is 25.1 Å². The Kier molecular flexibility index (Phi) is 7.80. The average molecular weight is 530 g/mol. The minimum absolute atomic E-state index is 0.106. The van der Waals surface area contributed by atoms with E-state index in [0.717, 1.165) is 31.6 Å². The summed E-state index contributed by atoms with van der Waals surface area (Å²) in [6.07, 6.45) is 3.50. The number of aliphatic hydroxyl groups excluding tert-OH is 1. The van der Waals surface area contributed by atoms with Gasteiger partial charge in [0.2, 0.25) is 0 Å². The molecule has 3 aromatic rings. The van der Waals surface area contributed by atoms with Crippen molar-refractivity contribution in [2.75, 3.05) is 36.5 Å². The lowest BCUT2D eigenvalue weighted by Crippen LogP contribution is -2.29. The molecule has 2 fully saturated rings. The van der Waals surface area contributed by atoms with Crippen molar-refractivity contribution in [2.45, 2.75) is 51.9 Å². The van der Waals surface area contributed by atoms with E-state index in [4.69, 9.17) is 9.52 Å². The molecule has 0 bridgehead atoms. The van der Waals surface area contributed by atoms with Crippen LogP contribution in [0.3, 0.4) is 0 Å². The summed E-state index contributed by atoms with van der Waals surface area (Å²) in [6, 6.07) is 17.7. The molecule has 2 aliphatic rings. The number of carbonyl (C=O) groups excluding carboxylic acids is 2. The van der Waals surface area contributed by atoms with E-state index in [9.17, 15) is 9.59 Å². The highest BCUT2D eigenvalue weighted by atomic mass is 16.3. The highest BCUT2D eigenvalue weighted by Gasteiger charge is 2.61. The van der Waals surface area contributed by atoms with Gasteiger partial charge in [-0.1, -0.05) is 31.2 Å². The molecule has 7 nitrogen and oxygen atoms in total. The van der Waals surface area contributed by atoms with Gasteiger partial charge >= 0.3 is 0 Å². The number of furan rings is 1. The van der Waals surface area contributed by atoms with Gasteiger partial charge in [-0.2, -0.15) is 0 Å². The van der Waals surface area contributed by atoms with Gasteiger partial charge in [0.1, 0.15) is 5.76 Å². The van der Waals surface area contributed by atoms with Gasteiger partial charge in [0.05, 0.1) is 11.4 Å². The number of benzene rings is 2. The van der Waals surface area contributed by atoms with E-state index in [1.165, 1.54) is 11.1 Å². The Hall–Kier alpha value is -3.58. The van der Waals surface area contributed by atoms with Crippen molar-refractivity contribution >= 4 is 23.2 Å².